The summed E-state index contributed by atoms with van der Waals surface area (Å²) in [4.78, 5) is 0. The van der Waals surface area contributed by atoms with Gasteiger partial charge in [0.15, 0.2) is 0 Å². The molecule has 1 aliphatic heterocycles. The van der Waals surface area contributed by atoms with Gasteiger partial charge in [-0.3, -0.25) is 0 Å². The molecular formula is C10H12AlMoO. The number of hydrogen-bond acceptors (Lipinski definition) is 1. The van der Waals surface area contributed by atoms with Crippen molar-refractivity contribution in [3.63, 3.8) is 0 Å². The molecule has 0 atom stereocenters. The van der Waals surface area contributed by atoms with Crippen LogP contribution in [0.5, 0.6) is 5.75 Å². The molecule has 1 aliphatic rings. The van der Waals surface area contributed by atoms with Crippen LogP contribution in [0.1, 0.15) is 13.0 Å². The van der Waals surface area contributed by atoms with E-state index in [2.05, 4.69) is 6.08 Å². The van der Waals surface area contributed by atoms with Gasteiger partial charge in [0, 0.05) is 44.0 Å². The van der Waals surface area contributed by atoms with Crippen LogP contribution in [-0.2, 0) is 21.1 Å². The number of hydrogen-bond donors (Lipinski definition) is 0. The van der Waals surface area contributed by atoms with E-state index in [1.165, 1.54) is 5.56 Å². The minimum absolute atomic E-state index is 0. The molecule has 1 aromatic rings. The van der Waals surface area contributed by atoms with E-state index in [1.54, 1.807) is 0 Å². The molecule has 0 N–H and O–H groups in total. The van der Waals surface area contributed by atoms with Crippen molar-refractivity contribution >= 4 is 23.4 Å². The van der Waals surface area contributed by atoms with E-state index in [-0.39, 0.29) is 45.9 Å². The summed E-state index contributed by atoms with van der Waals surface area (Å²) in [5, 5.41) is 0. The summed E-state index contributed by atoms with van der Waals surface area (Å²) in [6.07, 6.45) is 4.10. The first kappa shape index (κ1) is 15.5. The van der Waals surface area contributed by atoms with Gasteiger partial charge in [0.1, 0.15) is 12.4 Å². The summed E-state index contributed by atoms with van der Waals surface area (Å²) in [7, 11) is 0. The van der Waals surface area contributed by atoms with Crippen molar-refractivity contribution in [3.8, 4) is 5.75 Å². The molecule has 1 aromatic carbocycles. The summed E-state index contributed by atoms with van der Waals surface area (Å²) in [6.45, 7) is 0.705. The first-order valence-electron chi connectivity index (χ1n) is 3.35. The monoisotopic (exact) mass is 273 g/mol. The van der Waals surface area contributed by atoms with E-state index in [9.17, 15) is 0 Å². The number of fused-ring (bicyclic) bond motifs is 1. The van der Waals surface area contributed by atoms with Crippen LogP contribution in [0.4, 0.5) is 0 Å². The molecule has 0 spiro atoms. The van der Waals surface area contributed by atoms with E-state index in [0.29, 0.717) is 6.61 Å². The van der Waals surface area contributed by atoms with Gasteiger partial charge >= 0.3 is 0 Å². The van der Waals surface area contributed by atoms with Crippen molar-refractivity contribution in [1.82, 2.24) is 0 Å². The van der Waals surface area contributed by atoms with Gasteiger partial charge in [-0.1, -0.05) is 31.7 Å². The summed E-state index contributed by atoms with van der Waals surface area (Å²) < 4.78 is 5.34. The van der Waals surface area contributed by atoms with Crippen LogP contribution in [0.3, 0.4) is 0 Å². The minimum atomic E-state index is 0. The molecule has 0 fully saturated rings. The Morgan fingerprint density at radius 2 is 1.85 bits per heavy atom. The fourth-order valence-electron chi connectivity index (χ4n) is 1.06. The quantitative estimate of drug-likeness (QED) is 0.658. The Bertz CT molecular complexity index is 273. The van der Waals surface area contributed by atoms with Crippen molar-refractivity contribution in [1.29, 1.82) is 0 Å². The van der Waals surface area contributed by atoms with Crippen LogP contribution in [0.2, 0.25) is 0 Å². The van der Waals surface area contributed by atoms with Gasteiger partial charge in [-0.25, -0.2) is 0 Å². The minimum Gasteiger partial charge on any atom is -0.489 e. The Labute approximate surface area is 105 Å². The predicted molar refractivity (Wildman–Crippen MR) is 53.5 cm³/mol. The van der Waals surface area contributed by atoms with Gasteiger partial charge in [0.05, 0.1) is 0 Å². The summed E-state index contributed by atoms with van der Waals surface area (Å²) in [5.74, 6) is 0.991. The molecule has 0 amide bonds. The van der Waals surface area contributed by atoms with Gasteiger partial charge in [0.2, 0.25) is 0 Å². The van der Waals surface area contributed by atoms with Crippen molar-refractivity contribution in [3.05, 3.63) is 35.9 Å². The molecule has 67 valence electrons. The number of ether oxygens (including phenoxy) is 1. The predicted octanol–water partition coefficient (Wildman–Crippen LogP) is 2.34. The average molecular weight is 271 g/mol. The maximum absolute atomic E-state index is 5.34. The van der Waals surface area contributed by atoms with Gasteiger partial charge in [-0.15, -0.1) is 0 Å². The third kappa shape index (κ3) is 3.69. The van der Waals surface area contributed by atoms with Crippen molar-refractivity contribution in [2.24, 2.45) is 0 Å². The molecule has 0 aromatic heterocycles. The van der Waals surface area contributed by atoms with E-state index >= 15 is 0 Å². The molecule has 0 aliphatic carbocycles. The van der Waals surface area contributed by atoms with Crippen LogP contribution >= 0.6 is 0 Å². The second kappa shape index (κ2) is 7.39. The largest absolute Gasteiger partial charge is 0.489 e. The van der Waals surface area contributed by atoms with E-state index < -0.39 is 0 Å². The molecule has 0 saturated carbocycles. The molecule has 0 bridgehead atoms. The van der Waals surface area contributed by atoms with E-state index in [0.717, 1.165) is 5.75 Å². The smallest absolute Gasteiger partial charge is 0.126 e. The molecule has 0 saturated heterocycles. The van der Waals surface area contributed by atoms with Gasteiger partial charge in [-0.2, -0.15) is 0 Å². The Kier molecular flexibility index (Phi) is 8.79. The van der Waals surface area contributed by atoms with Crippen LogP contribution < -0.4 is 4.74 Å². The number of rotatable bonds is 0. The fourth-order valence-corrected chi connectivity index (χ4v) is 1.06. The molecular weight excluding hydrogens is 259 g/mol. The zero-order valence-electron chi connectivity index (χ0n) is 6.57. The molecule has 3 heteroatoms. The molecule has 3 radical (unpaired) electrons. The maximum atomic E-state index is 5.34. The number of benzene rings is 1. The first-order valence-corrected chi connectivity index (χ1v) is 3.35. The Hall–Kier alpha value is -0.0192. The van der Waals surface area contributed by atoms with Gasteiger partial charge < -0.3 is 4.74 Å². The Morgan fingerprint density at radius 1 is 1.15 bits per heavy atom. The Balaban J connectivity index is 0. The maximum Gasteiger partial charge on any atom is 0.126 e. The van der Waals surface area contributed by atoms with Gasteiger partial charge in [0.25, 0.3) is 0 Å². The molecule has 0 unspecified atom stereocenters. The zero-order valence-corrected chi connectivity index (χ0v) is 9.73. The number of para-hydroxylation sites is 1. The average Bonchev–Trinajstić information content (AvgIpc) is 2.05. The Morgan fingerprint density at radius 3 is 2.54 bits per heavy atom. The first-order chi connectivity index (χ1) is 4.97. The van der Waals surface area contributed by atoms with E-state index in [1.807, 2.05) is 30.3 Å². The fraction of sp³-hybridized carbons (Fsp3) is 0.200. The van der Waals surface area contributed by atoms with E-state index in [4.69, 9.17) is 4.74 Å². The summed E-state index contributed by atoms with van der Waals surface area (Å²) in [5.41, 5.74) is 1.17. The third-order valence-corrected chi connectivity index (χ3v) is 1.55. The van der Waals surface area contributed by atoms with Crippen molar-refractivity contribution in [2.75, 3.05) is 6.61 Å². The van der Waals surface area contributed by atoms with Crippen LogP contribution in [-0.4, -0.2) is 24.0 Å². The molecule has 1 nitrogen and oxygen atoms in total. The molecule has 2 rings (SSSR count). The normalized spacial score (nSPS) is 10.8. The summed E-state index contributed by atoms with van der Waals surface area (Å²) >= 11 is 0. The van der Waals surface area contributed by atoms with Crippen LogP contribution in [0, 0.1) is 0 Å². The third-order valence-electron chi connectivity index (χ3n) is 1.55. The SMILES string of the molecule is C.C1=Cc2ccccc2OC1.[Al].[Mo]. The molecule has 1 heterocycles. The second-order valence-corrected chi connectivity index (χ2v) is 2.25. The van der Waals surface area contributed by atoms with Crippen LogP contribution in [0.15, 0.2) is 30.3 Å². The zero-order chi connectivity index (χ0) is 6.81. The van der Waals surface area contributed by atoms with Gasteiger partial charge in [-0.05, 0) is 12.1 Å². The topological polar surface area (TPSA) is 9.23 Å². The van der Waals surface area contributed by atoms with Crippen LogP contribution in [0.25, 0.3) is 6.08 Å². The van der Waals surface area contributed by atoms with Crippen molar-refractivity contribution < 1.29 is 25.8 Å². The second-order valence-electron chi connectivity index (χ2n) is 2.25. The van der Waals surface area contributed by atoms with Crippen molar-refractivity contribution in [2.45, 2.75) is 7.43 Å². The standard InChI is InChI=1S/C9H8O.CH4.Al.Mo/c1-2-6-9-8(4-1)5-3-7-10-9;;;/h1-6H,7H2;1H4;;. The summed E-state index contributed by atoms with van der Waals surface area (Å²) in [6, 6.07) is 8.03. The molecule has 13 heavy (non-hydrogen) atoms.